The Bertz CT molecular complexity index is 1170. The topological polar surface area (TPSA) is 141 Å². The van der Waals surface area contributed by atoms with Gasteiger partial charge in [-0.2, -0.15) is 4.98 Å². The predicted molar refractivity (Wildman–Crippen MR) is 126 cm³/mol. The van der Waals surface area contributed by atoms with E-state index in [0.717, 1.165) is 62.8 Å². The van der Waals surface area contributed by atoms with Crippen LogP contribution in [0.5, 0.6) is 0 Å². The smallest absolute Gasteiger partial charge is 0.227 e. The summed E-state index contributed by atoms with van der Waals surface area (Å²) >= 11 is 0. The number of carbonyl (C=O) groups is 2. The standard InChI is InChI=1S/C24H30N8O3/c1-16(33)27-24(14-4-2-3-5-15-24)23-26-21(35-29-23)13-12-20(34)25-18-8-6-17(7-9-18)22-28-30-31-32(22)19-10-11-19/h6-9,19H,2-5,10-15H2,1H3,(H,25,34)(H,27,33). The molecule has 1 aromatic carbocycles. The van der Waals surface area contributed by atoms with Crippen molar-refractivity contribution in [2.75, 3.05) is 5.32 Å². The largest absolute Gasteiger partial charge is 0.343 e. The van der Waals surface area contributed by atoms with Gasteiger partial charge in [0.25, 0.3) is 0 Å². The number of nitrogens with zero attached hydrogens (tertiary/aromatic N) is 6. The highest BCUT2D eigenvalue weighted by Crippen LogP contribution is 2.37. The molecule has 0 aliphatic heterocycles. The minimum Gasteiger partial charge on any atom is -0.343 e. The van der Waals surface area contributed by atoms with Gasteiger partial charge in [-0.3, -0.25) is 9.59 Å². The average Bonchev–Trinajstić information content (AvgIpc) is 3.45. The summed E-state index contributed by atoms with van der Waals surface area (Å²) in [5.41, 5.74) is 1.01. The zero-order chi connectivity index (χ0) is 24.3. The number of aryl methyl sites for hydroxylation is 1. The number of hydrogen-bond donors (Lipinski definition) is 2. The molecule has 2 aromatic heterocycles. The molecule has 2 aliphatic carbocycles. The molecule has 35 heavy (non-hydrogen) atoms. The number of benzene rings is 1. The molecule has 0 unspecified atom stereocenters. The molecule has 2 amide bonds. The van der Waals surface area contributed by atoms with Gasteiger partial charge in [-0.1, -0.05) is 30.8 Å². The maximum atomic E-state index is 12.5. The number of nitrogens with one attached hydrogen (secondary N) is 2. The molecule has 2 N–H and O–H groups in total. The predicted octanol–water partition coefficient (Wildman–Crippen LogP) is 3.31. The van der Waals surface area contributed by atoms with E-state index in [-0.39, 0.29) is 18.2 Å². The Labute approximate surface area is 203 Å². The zero-order valence-corrected chi connectivity index (χ0v) is 19.9. The van der Waals surface area contributed by atoms with Crippen molar-refractivity contribution < 1.29 is 14.1 Å². The van der Waals surface area contributed by atoms with Gasteiger partial charge in [0.1, 0.15) is 5.54 Å². The van der Waals surface area contributed by atoms with Crippen LogP contribution in [0.3, 0.4) is 0 Å². The summed E-state index contributed by atoms with van der Waals surface area (Å²) in [5, 5.41) is 22.2. The Morgan fingerprint density at radius 1 is 1.11 bits per heavy atom. The van der Waals surface area contributed by atoms with Crippen molar-refractivity contribution in [3.05, 3.63) is 36.0 Å². The third kappa shape index (κ3) is 5.39. The van der Waals surface area contributed by atoms with Gasteiger partial charge in [-0.25, -0.2) is 4.68 Å². The second-order valence-corrected chi connectivity index (χ2v) is 9.49. The highest BCUT2D eigenvalue weighted by molar-refractivity contribution is 5.91. The van der Waals surface area contributed by atoms with E-state index in [9.17, 15) is 9.59 Å². The van der Waals surface area contributed by atoms with Crippen LogP contribution in [0.15, 0.2) is 28.8 Å². The van der Waals surface area contributed by atoms with E-state index in [2.05, 4.69) is 36.3 Å². The molecule has 5 rings (SSSR count). The van der Waals surface area contributed by atoms with Crippen molar-refractivity contribution in [3.8, 4) is 11.4 Å². The molecular weight excluding hydrogens is 448 g/mol. The molecule has 11 heteroatoms. The Hall–Kier alpha value is -3.63. The third-order valence-corrected chi connectivity index (χ3v) is 6.65. The summed E-state index contributed by atoms with van der Waals surface area (Å²) in [7, 11) is 0. The molecule has 0 bridgehead atoms. The highest BCUT2D eigenvalue weighted by atomic mass is 16.5. The van der Waals surface area contributed by atoms with Crippen molar-refractivity contribution in [1.82, 2.24) is 35.7 Å². The Morgan fingerprint density at radius 2 is 1.86 bits per heavy atom. The molecule has 2 aliphatic rings. The summed E-state index contributed by atoms with van der Waals surface area (Å²) < 4.78 is 7.30. The van der Waals surface area contributed by atoms with E-state index in [4.69, 9.17) is 4.52 Å². The number of tetrazole rings is 1. The van der Waals surface area contributed by atoms with Crippen LogP contribution in [0.1, 0.15) is 82.5 Å². The average molecular weight is 479 g/mol. The number of aromatic nitrogens is 6. The van der Waals surface area contributed by atoms with Crippen LogP contribution >= 0.6 is 0 Å². The minimum absolute atomic E-state index is 0.104. The molecule has 0 atom stereocenters. The van der Waals surface area contributed by atoms with Gasteiger partial charge in [0.2, 0.25) is 17.7 Å². The Morgan fingerprint density at radius 3 is 2.54 bits per heavy atom. The summed E-state index contributed by atoms with van der Waals surface area (Å²) in [5.74, 6) is 1.39. The highest BCUT2D eigenvalue weighted by Gasteiger charge is 2.38. The van der Waals surface area contributed by atoms with E-state index in [1.54, 1.807) is 0 Å². The first-order valence-corrected chi connectivity index (χ1v) is 12.3. The lowest BCUT2D eigenvalue weighted by Gasteiger charge is -2.30. The van der Waals surface area contributed by atoms with Crippen LogP contribution in [-0.2, 0) is 21.5 Å². The van der Waals surface area contributed by atoms with Gasteiger partial charge < -0.3 is 15.2 Å². The van der Waals surface area contributed by atoms with Crippen molar-refractivity contribution >= 4 is 17.5 Å². The van der Waals surface area contributed by atoms with E-state index >= 15 is 0 Å². The number of anilines is 1. The summed E-state index contributed by atoms with van der Waals surface area (Å²) in [6.07, 6.45) is 8.56. The fourth-order valence-corrected chi connectivity index (χ4v) is 4.72. The van der Waals surface area contributed by atoms with Gasteiger partial charge in [-0.15, -0.1) is 5.10 Å². The quantitative estimate of drug-likeness (QED) is 0.470. The lowest BCUT2D eigenvalue weighted by molar-refractivity contribution is -0.121. The molecule has 11 nitrogen and oxygen atoms in total. The van der Waals surface area contributed by atoms with Gasteiger partial charge in [0.05, 0.1) is 6.04 Å². The van der Waals surface area contributed by atoms with Crippen LogP contribution in [0.4, 0.5) is 5.69 Å². The second-order valence-electron chi connectivity index (χ2n) is 9.49. The van der Waals surface area contributed by atoms with Crippen LogP contribution in [-0.4, -0.2) is 42.2 Å². The Balaban J connectivity index is 1.18. The number of rotatable bonds is 8. The maximum absolute atomic E-state index is 12.5. The van der Waals surface area contributed by atoms with Crippen molar-refractivity contribution in [3.63, 3.8) is 0 Å². The van der Waals surface area contributed by atoms with Crippen LogP contribution in [0, 0.1) is 0 Å². The first kappa shape index (κ1) is 23.1. The summed E-state index contributed by atoms with van der Waals surface area (Å²) in [6, 6.07) is 7.87. The fraction of sp³-hybridized carbons (Fsp3) is 0.542. The lowest BCUT2D eigenvalue weighted by atomic mass is 9.89. The van der Waals surface area contributed by atoms with Crippen LogP contribution in [0.25, 0.3) is 11.4 Å². The summed E-state index contributed by atoms with van der Waals surface area (Å²) in [6.45, 7) is 1.51. The first-order valence-electron chi connectivity index (χ1n) is 12.3. The molecule has 0 spiro atoms. The van der Waals surface area contributed by atoms with Crippen molar-refractivity contribution in [2.45, 2.75) is 82.7 Å². The van der Waals surface area contributed by atoms with E-state index in [1.165, 1.54) is 6.92 Å². The molecular formula is C24H30N8O3. The zero-order valence-electron chi connectivity index (χ0n) is 19.9. The van der Waals surface area contributed by atoms with E-state index in [0.29, 0.717) is 29.9 Å². The van der Waals surface area contributed by atoms with Crippen molar-refractivity contribution in [1.29, 1.82) is 0 Å². The molecule has 184 valence electrons. The first-order chi connectivity index (χ1) is 17.0. The second kappa shape index (κ2) is 9.93. The maximum Gasteiger partial charge on any atom is 0.227 e. The van der Waals surface area contributed by atoms with Gasteiger partial charge >= 0.3 is 0 Å². The number of carbonyl (C=O) groups excluding carboxylic acids is 2. The molecule has 0 radical (unpaired) electrons. The van der Waals surface area contributed by atoms with Gasteiger partial charge in [0.15, 0.2) is 11.6 Å². The number of amides is 2. The van der Waals surface area contributed by atoms with Crippen molar-refractivity contribution in [2.24, 2.45) is 0 Å². The minimum atomic E-state index is -0.590. The van der Waals surface area contributed by atoms with Gasteiger partial charge in [0, 0.05) is 31.0 Å². The van der Waals surface area contributed by atoms with Crippen LogP contribution < -0.4 is 10.6 Å². The Kier molecular flexibility index (Phi) is 6.56. The molecule has 2 fully saturated rings. The fourth-order valence-electron chi connectivity index (χ4n) is 4.72. The third-order valence-electron chi connectivity index (χ3n) is 6.65. The number of hydrogen-bond acceptors (Lipinski definition) is 8. The molecule has 0 saturated heterocycles. The molecule has 2 saturated carbocycles. The van der Waals surface area contributed by atoms with Gasteiger partial charge in [-0.05, 0) is 60.4 Å². The lowest BCUT2D eigenvalue weighted by Crippen LogP contribution is -2.45. The molecule has 2 heterocycles. The SMILES string of the molecule is CC(=O)NC1(c2noc(CCC(=O)Nc3ccc(-c4nnnn4C4CC4)cc3)n2)CCCCCC1. The summed E-state index contributed by atoms with van der Waals surface area (Å²) in [4.78, 5) is 28.9. The molecule has 3 aromatic rings. The van der Waals surface area contributed by atoms with Crippen LogP contribution in [0.2, 0.25) is 0 Å². The monoisotopic (exact) mass is 478 g/mol. The van der Waals surface area contributed by atoms with E-state index in [1.807, 2.05) is 28.9 Å². The normalized spacial score (nSPS) is 17.5. The van der Waals surface area contributed by atoms with E-state index < -0.39 is 5.54 Å².